The third-order valence-electron chi connectivity index (χ3n) is 4.63. The Hall–Kier alpha value is -0.970. The number of fused-ring (bicyclic) bond motifs is 1. The first kappa shape index (κ1) is 14.9. The second-order valence-corrected chi connectivity index (χ2v) is 7.55. The number of aliphatic hydroxyl groups is 1. The summed E-state index contributed by atoms with van der Waals surface area (Å²) in [5.41, 5.74) is 1.72. The number of thiophene rings is 1. The van der Waals surface area contributed by atoms with Gasteiger partial charge in [0.25, 0.3) is 0 Å². The van der Waals surface area contributed by atoms with Gasteiger partial charge in [0.1, 0.15) is 0 Å². The third-order valence-corrected chi connectivity index (χ3v) is 5.48. The topological polar surface area (TPSA) is 45.1 Å². The molecule has 0 saturated heterocycles. The molecular weight excluding hydrogens is 280 g/mol. The lowest BCUT2D eigenvalue weighted by atomic mass is 9.79. The van der Waals surface area contributed by atoms with Gasteiger partial charge in [0.15, 0.2) is 0 Å². The first-order valence-corrected chi connectivity index (χ1v) is 8.73. The number of hydrogen-bond donors (Lipinski definition) is 2. The molecule has 21 heavy (non-hydrogen) atoms. The van der Waals surface area contributed by atoms with Crippen LogP contribution in [0.3, 0.4) is 0 Å². The van der Waals surface area contributed by atoms with E-state index in [0.717, 1.165) is 24.8 Å². The maximum Gasteiger partial charge on any atom is 0.0809 e. The van der Waals surface area contributed by atoms with E-state index in [4.69, 9.17) is 0 Å². The van der Waals surface area contributed by atoms with Gasteiger partial charge in [-0.15, -0.1) is 11.3 Å². The normalized spacial score (nSPS) is 27.9. The molecule has 0 spiro atoms. The van der Waals surface area contributed by atoms with Crippen molar-refractivity contribution in [2.75, 3.05) is 6.54 Å². The van der Waals surface area contributed by atoms with Gasteiger partial charge in [-0.2, -0.15) is 0 Å². The molecular formula is C17H24N2OS. The van der Waals surface area contributed by atoms with E-state index in [9.17, 15) is 5.11 Å². The molecule has 2 heterocycles. The van der Waals surface area contributed by atoms with Gasteiger partial charge in [0.05, 0.1) is 15.8 Å². The summed E-state index contributed by atoms with van der Waals surface area (Å²) in [6.07, 6.45) is 6.15. The van der Waals surface area contributed by atoms with Crippen LogP contribution in [0.15, 0.2) is 23.7 Å². The summed E-state index contributed by atoms with van der Waals surface area (Å²) in [7, 11) is 0. The zero-order valence-electron chi connectivity index (χ0n) is 12.8. The maximum absolute atomic E-state index is 10.7. The fraction of sp³-hybridized carbons (Fsp3) is 0.588. The van der Waals surface area contributed by atoms with Gasteiger partial charge in [-0.25, -0.2) is 0 Å². The van der Waals surface area contributed by atoms with Crippen LogP contribution in [-0.2, 0) is 0 Å². The van der Waals surface area contributed by atoms with Gasteiger partial charge in [-0.1, -0.05) is 19.8 Å². The molecule has 0 radical (unpaired) electrons. The summed E-state index contributed by atoms with van der Waals surface area (Å²) < 4.78 is 1.23. The van der Waals surface area contributed by atoms with E-state index < -0.39 is 5.60 Å². The predicted octanol–water partition coefficient (Wildman–Crippen LogP) is 3.89. The molecule has 0 bridgehead atoms. The van der Waals surface area contributed by atoms with Crippen molar-refractivity contribution in [1.82, 2.24) is 10.3 Å². The van der Waals surface area contributed by atoms with Crippen molar-refractivity contribution in [3.8, 4) is 0 Å². The van der Waals surface area contributed by atoms with Gasteiger partial charge in [-0.05, 0) is 48.8 Å². The Labute approximate surface area is 130 Å². The predicted molar refractivity (Wildman–Crippen MR) is 88.6 cm³/mol. The molecule has 2 aromatic rings. The lowest BCUT2D eigenvalue weighted by molar-refractivity contribution is -0.0134. The van der Waals surface area contributed by atoms with E-state index in [2.05, 4.69) is 35.6 Å². The van der Waals surface area contributed by atoms with Gasteiger partial charge in [-0.3, -0.25) is 4.98 Å². The van der Waals surface area contributed by atoms with Gasteiger partial charge >= 0.3 is 0 Å². The molecule has 4 heteroatoms. The van der Waals surface area contributed by atoms with Gasteiger partial charge < -0.3 is 10.4 Å². The summed E-state index contributed by atoms with van der Waals surface area (Å²) >= 11 is 1.72. The highest BCUT2D eigenvalue weighted by molar-refractivity contribution is 7.17. The number of nitrogens with zero attached hydrogens (tertiary/aromatic N) is 1. The van der Waals surface area contributed by atoms with Crippen molar-refractivity contribution >= 4 is 21.6 Å². The van der Waals surface area contributed by atoms with Gasteiger partial charge in [0.2, 0.25) is 0 Å². The van der Waals surface area contributed by atoms with E-state index in [-0.39, 0.29) is 6.04 Å². The molecule has 3 nitrogen and oxygen atoms in total. The monoisotopic (exact) mass is 304 g/mol. The smallest absolute Gasteiger partial charge is 0.0809 e. The molecule has 3 rings (SSSR count). The molecule has 0 amide bonds. The maximum atomic E-state index is 10.7. The zero-order valence-corrected chi connectivity index (χ0v) is 13.6. The number of nitrogens with one attached hydrogen (secondary N) is 1. The Balaban J connectivity index is 1.64. The van der Waals surface area contributed by atoms with Crippen molar-refractivity contribution in [2.24, 2.45) is 5.92 Å². The zero-order chi connectivity index (χ0) is 14.9. The lowest BCUT2D eigenvalue weighted by Gasteiger charge is -2.36. The molecule has 1 saturated carbocycles. The fourth-order valence-electron chi connectivity index (χ4n) is 3.35. The van der Waals surface area contributed by atoms with Crippen LogP contribution in [-0.4, -0.2) is 22.2 Å². The van der Waals surface area contributed by atoms with E-state index in [1.54, 1.807) is 11.3 Å². The molecule has 3 unspecified atom stereocenters. The van der Waals surface area contributed by atoms with Crippen molar-refractivity contribution < 1.29 is 5.11 Å². The number of hydrogen-bond acceptors (Lipinski definition) is 4. The van der Waals surface area contributed by atoms with Crippen LogP contribution in [0.2, 0.25) is 0 Å². The molecule has 2 aromatic heterocycles. The minimum Gasteiger partial charge on any atom is -0.389 e. The van der Waals surface area contributed by atoms with Crippen LogP contribution in [0.25, 0.3) is 10.2 Å². The van der Waals surface area contributed by atoms with Crippen molar-refractivity contribution in [1.29, 1.82) is 0 Å². The van der Waals surface area contributed by atoms with Crippen LogP contribution in [0.4, 0.5) is 0 Å². The standard InChI is InChI=1S/C17H24N2OS/c1-12-4-3-6-17(20,9-12)11-19-13(2)14-8-16-15(18-10-14)5-7-21-16/h5,7-8,10,12-13,19-20H,3-4,6,9,11H2,1-2H3. The van der Waals surface area contributed by atoms with E-state index in [1.807, 2.05) is 12.3 Å². The molecule has 114 valence electrons. The molecule has 0 aliphatic heterocycles. The fourth-order valence-corrected chi connectivity index (χ4v) is 4.14. The molecule has 3 atom stereocenters. The number of rotatable bonds is 4. The Morgan fingerprint density at radius 2 is 2.43 bits per heavy atom. The minimum absolute atomic E-state index is 0.213. The molecule has 1 fully saturated rings. The highest BCUT2D eigenvalue weighted by Gasteiger charge is 2.32. The third kappa shape index (κ3) is 3.44. The Morgan fingerprint density at radius 1 is 1.57 bits per heavy atom. The second-order valence-electron chi connectivity index (χ2n) is 6.60. The van der Waals surface area contributed by atoms with Gasteiger partial charge in [0, 0.05) is 18.8 Å². The Morgan fingerprint density at radius 3 is 3.24 bits per heavy atom. The van der Waals surface area contributed by atoms with E-state index in [0.29, 0.717) is 12.5 Å². The van der Waals surface area contributed by atoms with Crippen LogP contribution in [0, 0.1) is 5.92 Å². The van der Waals surface area contributed by atoms with Crippen molar-refractivity contribution in [2.45, 2.75) is 51.2 Å². The first-order valence-electron chi connectivity index (χ1n) is 7.85. The Bertz CT molecular complexity index is 612. The van der Waals surface area contributed by atoms with Crippen molar-refractivity contribution in [3.63, 3.8) is 0 Å². The highest BCUT2D eigenvalue weighted by Crippen LogP contribution is 2.32. The average molecular weight is 304 g/mol. The summed E-state index contributed by atoms with van der Waals surface area (Å²) in [4.78, 5) is 4.49. The lowest BCUT2D eigenvalue weighted by Crippen LogP contribution is -2.44. The molecule has 0 aromatic carbocycles. The van der Waals surface area contributed by atoms with Crippen LogP contribution < -0.4 is 5.32 Å². The Kier molecular flexibility index (Phi) is 4.29. The van der Waals surface area contributed by atoms with Crippen LogP contribution in [0.1, 0.15) is 51.1 Å². The summed E-state index contributed by atoms with van der Waals surface area (Å²) in [5.74, 6) is 0.630. The van der Waals surface area contributed by atoms with Crippen molar-refractivity contribution in [3.05, 3.63) is 29.3 Å². The number of aromatic nitrogens is 1. The molecule has 2 N–H and O–H groups in total. The molecule has 1 aliphatic carbocycles. The summed E-state index contributed by atoms with van der Waals surface area (Å²) in [6, 6.07) is 4.47. The highest BCUT2D eigenvalue weighted by atomic mass is 32.1. The largest absolute Gasteiger partial charge is 0.389 e. The quantitative estimate of drug-likeness (QED) is 0.901. The van der Waals surface area contributed by atoms with E-state index >= 15 is 0 Å². The van der Waals surface area contributed by atoms with Crippen LogP contribution >= 0.6 is 11.3 Å². The van der Waals surface area contributed by atoms with Crippen LogP contribution in [0.5, 0.6) is 0 Å². The SMILES string of the molecule is CC1CCCC(O)(CNC(C)c2cnc3ccsc3c2)C1. The average Bonchev–Trinajstić information content (AvgIpc) is 2.92. The number of pyridine rings is 1. The minimum atomic E-state index is -0.535. The van der Waals surface area contributed by atoms with E-state index in [1.165, 1.54) is 16.7 Å². The summed E-state index contributed by atoms with van der Waals surface area (Å²) in [5, 5.41) is 16.3. The molecule has 1 aliphatic rings. The second kappa shape index (κ2) is 6.03. The summed E-state index contributed by atoms with van der Waals surface area (Å²) in [6.45, 7) is 5.05. The first-order chi connectivity index (χ1) is 10.1.